The minimum absolute atomic E-state index is 0.526. The highest BCUT2D eigenvalue weighted by Gasteiger charge is 2.37. The highest BCUT2D eigenvalue weighted by atomic mass is 16.5. The van der Waals surface area contributed by atoms with Gasteiger partial charge in [0.15, 0.2) is 0 Å². The Morgan fingerprint density at radius 2 is 2.17 bits per heavy atom. The van der Waals surface area contributed by atoms with E-state index in [1.54, 1.807) is 0 Å². The zero-order chi connectivity index (χ0) is 13.0. The summed E-state index contributed by atoms with van der Waals surface area (Å²) in [4.78, 5) is 2.70. The van der Waals surface area contributed by atoms with Crippen molar-refractivity contribution in [3.8, 4) is 0 Å². The van der Waals surface area contributed by atoms with Crippen LogP contribution >= 0.6 is 0 Å². The van der Waals surface area contributed by atoms with Crippen LogP contribution in [0.4, 0.5) is 0 Å². The van der Waals surface area contributed by atoms with E-state index in [0.717, 1.165) is 25.6 Å². The van der Waals surface area contributed by atoms with Gasteiger partial charge in [-0.05, 0) is 31.7 Å². The van der Waals surface area contributed by atoms with Crippen molar-refractivity contribution in [1.29, 1.82) is 0 Å². The Morgan fingerprint density at radius 1 is 1.33 bits per heavy atom. The topological polar surface area (TPSA) is 24.5 Å². The summed E-state index contributed by atoms with van der Waals surface area (Å²) in [6, 6.07) is 1.34. The van der Waals surface area contributed by atoms with Gasteiger partial charge in [-0.2, -0.15) is 0 Å². The molecule has 1 saturated carbocycles. The second-order valence-electron chi connectivity index (χ2n) is 5.95. The fraction of sp³-hybridized carbons (Fsp3) is 1.00. The SMILES string of the molecule is CCNC(CN1CCOC2CCCC21)C(C)CC. The summed E-state index contributed by atoms with van der Waals surface area (Å²) < 4.78 is 5.90. The van der Waals surface area contributed by atoms with Crippen LogP contribution in [0.2, 0.25) is 0 Å². The molecule has 3 heteroatoms. The first kappa shape index (κ1) is 14.3. The van der Waals surface area contributed by atoms with Crippen molar-refractivity contribution in [2.75, 3.05) is 26.2 Å². The molecule has 0 amide bonds. The molecule has 0 aromatic carbocycles. The van der Waals surface area contributed by atoms with Crippen molar-refractivity contribution in [1.82, 2.24) is 10.2 Å². The first-order chi connectivity index (χ1) is 8.76. The third-order valence-corrected chi connectivity index (χ3v) is 4.83. The molecule has 18 heavy (non-hydrogen) atoms. The predicted octanol–water partition coefficient (Wildman–Crippen LogP) is 2.26. The van der Waals surface area contributed by atoms with Gasteiger partial charge in [0, 0.05) is 25.2 Å². The summed E-state index contributed by atoms with van der Waals surface area (Å²) in [7, 11) is 0. The number of morpholine rings is 1. The van der Waals surface area contributed by atoms with Crippen LogP contribution in [0.3, 0.4) is 0 Å². The highest BCUT2D eigenvalue weighted by Crippen LogP contribution is 2.30. The average Bonchev–Trinajstić information content (AvgIpc) is 2.86. The number of nitrogens with one attached hydrogen (secondary N) is 1. The molecule has 1 saturated heterocycles. The van der Waals surface area contributed by atoms with E-state index >= 15 is 0 Å². The third kappa shape index (κ3) is 3.25. The lowest BCUT2D eigenvalue weighted by Crippen LogP contribution is -2.54. The van der Waals surface area contributed by atoms with E-state index in [0.29, 0.717) is 18.2 Å². The maximum atomic E-state index is 5.90. The molecule has 1 aliphatic carbocycles. The molecule has 0 aromatic rings. The Hall–Kier alpha value is -0.120. The molecule has 0 spiro atoms. The Morgan fingerprint density at radius 3 is 2.89 bits per heavy atom. The van der Waals surface area contributed by atoms with Crippen LogP contribution in [0.5, 0.6) is 0 Å². The number of hydrogen-bond acceptors (Lipinski definition) is 3. The lowest BCUT2D eigenvalue weighted by Gasteiger charge is -2.40. The molecule has 3 nitrogen and oxygen atoms in total. The maximum Gasteiger partial charge on any atom is 0.0730 e. The standard InChI is InChI=1S/C15H30N2O/c1-4-12(3)13(16-5-2)11-17-9-10-18-15-8-6-7-14(15)17/h12-16H,4-11H2,1-3H3. The van der Waals surface area contributed by atoms with Gasteiger partial charge in [0.05, 0.1) is 12.7 Å². The number of hydrogen-bond donors (Lipinski definition) is 1. The zero-order valence-corrected chi connectivity index (χ0v) is 12.3. The van der Waals surface area contributed by atoms with E-state index < -0.39 is 0 Å². The summed E-state index contributed by atoms with van der Waals surface area (Å²) in [5.41, 5.74) is 0. The van der Waals surface area contributed by atoms with Gasteiger partial charge in [-0.3, -0.25) is 4.90 Å². The quantitative estimate of drug-likeness (QED) is 0.787. The van der Waals surface area contributed by atoms with Crippen LogP contribution < -0.4 is 5.32 Å². The Kier molecular flexibility index (Phi) is 5.46. The largest absolute Gasteiger partial charge is 0.375 e. The molecular weight excluding hydrogens is 224 g/mol. The Labute approximate surface area is 112 Å². The molecule has 0 aromatic heterocycles. The minimum Gasteiger partial charge on any atom is -0.375 e. The van der Waals surface area contributed by atoms with Crippen molar-refractivity contribution in [3.05, 3.63) is 0 Å². The van der Waals surface area contributed by atoms with Crippen molar-refractivity contribution < 1.29 is 4.74 Å². The molecule has 106 valence electrons. The van der Waals surface area contributed by atoms with Gasteiger partial charge in [-0.25, -0.2) is 0 Å². The zero-order valence-electron chi connectivity index (χ0n) is 12.3. The second kappa shape index (κ2) is 6.88. The van der Waals surface area contributed by atoms with Gasteiger partial charge < -0.3 is 10.1 Å². The van der Waals surface area contributed by atoms with Crippen LogP contribution in [-0.4, -0.2) is 49.3 Å². The first-order valence-electron chi connectivity index (χ1n) is 7.85. The maximum absolute atomic E-state index is 5.90. The summed E-state index contributed by atoms with van der Waals surface area (Å²) in [5.74, 6) is 0.757. The molecule has 2 aliphatic rings. The molecular formula is C15H30N2O. The second-order valence-corrected chi connectivity index (χ2v) is 5.95. The first-order valence-corrected chi connectivity index (χ1v) is 7.85. The number of ether oxygens (including phenoxy) is 1. The average molecular weight is 254 g/mol. The number of likely N-dealkylation sites (N-methyl/N-ethyl adjacent to an activating group) is 1. The van der Waals surface area contributed by atoms with E-state index in [2.05, 4.69) is 31.0 Å². The third-order valence-electron chi connectivity index (χ3n) is 4.83. The molecule has 4 atom stereocenters. The van der Waals surface area contributed by atoms with Gasteiger partial charge in [-0.15, -0.1) is 0 Å². The normalized spacial score (nSPS) is 32.2. The van der Waals surface area contributed by atoms with E-state index in [9.17, 15) is 0 Å². The van der Waals surface area contributed by atoms with Crippen molar-refractivity contribution in [2.24, 2.45) is 5.92 Å². The van der Waals surface area contributed by atoms with E-state index in [4.69, 9.17) is 4.74 Å². The molecule has 1 N–H and O–H groups in total. The molecule has 0 bridgehead atoms. The van der Waals surface area contributed by atoms with Gasteiger partial charge in [0.1, 0.15) is 0 Å². The summed E-state index contributed by atoms with van der Waals surface area (Å²) in [6.07, 6.45) is 5.75. The van der Waals surface area contributed by atoms with Crippen molar-refractivity contribution >= 4 is 0 Å². The van der Waals surface area contributed by atoms with E-state index in [1.807, 2.05) is 0 Å². The van der Waals surface area contributed by atoms with E-state index in [1.165, 1.54) is 32.2 Å². The van der Waals surface area contributed by atoms with Crippen LogP contribution in [0, 0.1) is 5.92 Å². The fourth-order valence-corrected chi connectivity index (χ4v) is 3.48. The minimum atomic E-state index is 0.526. The summed E-state index contributed by atoms with van der Waals surface area (Å²) in [6.45, 7) is 11.2. The summed E-state index contributed by atoms with van der Waals surface area (Å²) >= 11 is 0. The van der Waals surface area contributed by atoms with Gasteiger partial charge >= 0.3 is 0 Å². The molecule has 4 unspecified atom stereocenters. The number of rotatable bonds is 6. The predicted molar refractivity (Wildman–Crippen MR) is 75.9 cm³/mol. The van der Waals surface area contributed by atoms with Crippen molar-refractivity contribution in [3.63, 3.8) is 0 Å². The van der Waals surface area contributed by atoms with Gasteiger partial charge in [-0.1, -0.05) is 27.2 Å². The lowest BCUT2D eigenvalue weighted by atomic mass is 9.97. The smallest absolute Gasteiger partial charge is 0.0730 e. The lowest BCUT2D eigenvalue weighted by molar-refractivity contribution is -0.0597. The van der Waals surface area contributed by atoms with Crippen molar-refractivity contribution in [2.45, 2.75) is 64.6 Å². The molecule has 2 fully saturated rings. The monoisotopic (exact) mass is 254 g/mol. The molecule has 2 rings (SSSR count). The molecule has 0 radical (unpaired) electrons. The molecule has 1 aliphatic heterocycles. The number of fused-ring (bicyclic) bond motifs is 1. The Bertz CT molecular complexity index is 247. The number of nitrogens with zero attached hydrogens (tertiary/aromatic N) is 1. The highest BCUT2D eigenvalue weighted by molar-refractivity contribution is 4.91. The van der Waals surface area contributed by atoms with Crippen LogP contribution in [0.15, 0.2) is 0 Å². The summed E-state index contributed by atoms with van der Waals surface area (Å²) in [5, 5.41) is 3.68. The van der Waals surface area contributed by atoms with Crippen LogP contribution in [-0.2, 0) is 4.74 Å². The van der Waals surface area contributed by atoms with Crippen LogP contribution in [0.1, 0.15) is 46.5 Å². The van der Waals surface area contributed by atoms with Gasteiger partial charge in [0.2, 0.25) is 0 Å². The van der Waals surface area contributed by atoms with E-state index in [-0.39, 0.29) is 0 Å². The van der Waals surface area contributed by atoms with Crippen LogP contribution in [0.25, 0.3) is 0 Å². The molecule has 1 heterocycles. The fourth-order valence-electron chi connectivity index (χ4n) is 3.48. The Balaban J connectivity index is 1.92. The van der Waals surface area contributed by atoms with Gasteiger partial charge in [0.25, 0.3) is 0 Å².